The summed E-state index contributed by atoms with van der Waals surface area (Å²) in [6, 6.07) is 5.99. The van der Waals surface area contributed by atoms with Crippen LogP contribution in [0.2, 0.25) is 0 Å². The number of carbonyl (C=O) groups is 1. The van der Waals surface area contributed by atoms with Crippen LogP contribution in [0.5, 0.6) is 0 Å². The van der Waals surface area contributed by atoms with Gasteiger partial charge in [-0.3, -0.25) is 9.69 Å². The lowest BCUT2D eigenvalue weighted by molar-refractivity contribution is -0.127. The molecule has 2 fully saturated rings. The Labute approximate surface area is 183 Å². The quantitative estimate of drug-likeness (QED) is 0.800. The first-order valence-corrected chi connectivity index (χ1v) is 11.1. The zero-order valence-electron chi connectivity index (χ0n) is 18.6. The fraction of sp³-hybridized carbons (Fsp3) is 0.565. The number of piperidine rings is 1. The Balaban J connectivity index is 1.48. The molecule has 0 unspecified atom stereocenters. The van der Waals surface area contributed by atoms with Crippen molar-refractivity contribution in [3.8, 4) is 6.07 Å². The predicted molar refractivity (Wildman–Crippen MR) is 121 cm³/mol. The molecule has 2 saturated heterocycles. The zero-order valence-corrected chi connectivity index (χ0v) is 18.6. The topological polar surface area (TPSA) is 88.4 Å². The number of piperazine rings is 1. The van der Waals surface area contributed by atoms with Crippen LogP contribution >= 0.6 is 0 Å². The second-order valence-corrected chi connectivity index (χ2v) is 9.00. The smallest absolute Gasteiger partial charge is 0.237 e. The molecule has 0 radical (unpaired) electrons. The van der Waals surface area contributed by atoms with Gasteiger partial charge in [0.25, 0.3) is 0 Å². The number of benzene rings is 1. The number of hydrogen-bond donors (Lipinski definition) is 1. The average Bonchev–Trinajstić information content (AvgIpc) is 2.78. The van der Waals surface area contributed by atoms with Gasteiger partial charge in [0, 0.05) is 62.6 Å². The highest BCUT2D eigenvalue weighted by Gasteiger charge is 2.30. The summed E-state index contributed by atoms with van der Waals surface area (Å²) in [6.45, 7) is 9.72. The number of anilines is 1. The second-order valence-electron chi connectivity index (χ2n) is 9.00. The Bertz CT molecular complexity index is 980. The van der Waals surface area contributed by atoms with Crippen molar-refractivity contribution in [2.45, 2.75) is 32.4 Å². The number of rotatable bonds is 4. The van der Waals surface area contributed by atoms with E-state index >= 15 is 0 Å². The van der Waals surface area contributed by atoms with E-state index in [1.54, 1.807) is 6.20 Å². The molecule has 3 atom stereocenters. The summed E-state index contributed by atoms with van der Waals surface area (Å²) in [5.74, 6) is 0.546. The number of hydrogen-bond acceptors (Lipinski definition) is 7. The van der Waals surface area contributed by atoms with E-state index in [1.807, 2.05) is 19.1 Å². The lowest BCUT2D eigenvalue weighted by Crippen LogP contribution is -2.57. The SMILES string of the molecule is C[C@H]1C[C@@H](NC(=O)[C@H](C)N2CCN(C)CC2)CN(c2ccc(C#N)c3ncncc23)C1. The maximum absolute atomic E-state index is 13.0. The van der Waals surface area contributed by atoms with E-state index in [2.05, 4.69) is 50.0 Å². The summed E-state index contributed by atoms with van der Waals surface area (Å²) >= 11 is 0. The third kappa shape index (κ3) is 4.63. The molecule has 2 aromatic rings. The Morgan fingerprint density at radius 1 is 1.26 bits per heavy atom. The van der Waals surface area contributed by atoms with Crippen molar-refractivity contribution >= 4 is 22.5 Å². The molecular weight excluding hydrogens is 390 g/mol. The largest absolute Gasteiger partial charge is 0.369 e. The number of fused-ring (bicyclic) bond motifs is 1. The van der Waals surface area contributed by atoms with Crippen LogP contribution < -0.4 is 10.2 Å². The zero-order chi connectivity index (χ0) is 22.0. The minimum atomic E-state index is -0.122. The minimum Gasteiger partial charge on any atom is -0.369 e. The van der Waals surface area contributed by atoms with Gasteiger partial charge in [-0.15, -0.1) is 0 Å². The normalized spacial score (nSPS) is 24.0. The van der Waals surface area contributed by atoms with Crippen LogP contribution in [-0.4, -0.2) is 84.1 Å². The highest BCUT2D eigenvalue weighted by Crippen LogP contribution is 2.31. The third-order valence-corrected chi connectivity index (χ3v) is 6.58. The molecule has 2 aliphatic heterocycles. The fourth-order valence-electron chi connectivity index (χ4n) is 4.78. The van der Waals surface area contributed by atoms with Gasteiger partial charge >= 0.3 is 0 Å². The van der Waals surface area contributed by atoms with Crippen LogP contribution in [0.25, 0.3) is 10.9 Å². The molecule has 1 amide bonds. The van der Waals surface area contributed by atoms with E-state index in [-0.39, 0.29) is 18.0 Å². The molecule has 164 valence electrons. The number of carbonyl (C=O) groups excluding carboxylic acids is 1. The molecule has 0 spiro atoms. The Morgan fingerprint density at radius 2 is 2.03 bits per heavy atom. The van der Waals surface area contributed by atoms with Crippen molar-refractivity contribution in [3.63, 3.8) is 0 Å². The van der Waals surface area contributed by atoms with Crippen molar-refractivity contribution in [1.82, 2.24) is 25.1 Å². The molecule has 31 heavy (non-hydrogen) atoms. The molecule has 2 aliphatic rings. The van der Waals surface area contributed by atoms with Gasteiger partial charge < -0.3 is 15.1 Å². The third-order valence-electron chi connectivity index (χ3n) is 6.58. The minimum absolute atomic E-state index is 0.0847. The molecule has 4 rings (SSSR count). The number of nitriles is 1. The number of amides is 1. The number of aromatic nitrogens is 2. The monoisotopic (exact) mass is 421 g/mol. The van der Waals surface area contributed by atoms with Crippen molar-refractivity contribution in [1.29, 1.82) is 5.26 Å². The van der Waals surface area contributed by atoms with Gasteiger partial charge in [0.2, 0.25) is 5.91 Å². The lowest BCUT2D eigenvalue weighted by Gasteiger charge is -2.40. The summed E-state index contributed by atoms with van der Waals surface area (Å²) in [7, 11) is 2.12. The van der Waals surface area contributed by atoms with Gasteiger partial charge in [0.15, 0.2) is 0 Å². The van der Waals surface area contributed by atoms with Crippen molar-refractivity contribution in [3.05, 3.63) is 30.2 Å². The summed E-state index contributed by atoms with van der Waals surface area (Å²) < 4.78 is 0. The summed E-state index contributed by atoms with van der Waals surface area (Å²) in [4.78, 5) is 28.4. The predicted octanol–water partition coefficient (Wildman–Crippen LogP) is 1.47. The standard InChI is InChI=1S/C23H31N7O/c1-16-10-19(27-23(31)17(2)29-8-6-28(3)7-9-29)14-30(13-16)21-5-4-18(11-24)22-20(21)12-25-15-26-22/h4-5,12,15-17,19H,6-10,13-14H2,1-3H3,(H,27,31)/t16-,17-,19+/m0/s1. The molecule has 1 aromatic carbocycles. The molecular formula is C23H31N7O. The van der Waals surface area contributed by atoms with Crippen LogP contribution in [0.15, 0.2) is 24.7 Å². The number of likely N-dealkylation sites (N-methyl/N-ethyl adjacent to an activating group) is 1. The molecule has 0 bridgehead atoms. The second kappa shape index (κ2) is 9.16. The van der Waals surface area contributed by atoms with Crippen LogP contribution in [0, 0.1) is 17.2 Å². The molecule has 1 aromatic heterocycles. The van der Waals surface area contributed by atoms with E-state index in [0.717, 1.165) is 56.8 Å². The van der Waals surface area contributed by atoms with E-state index in [0.29, 0.717) is 17.0 Å². The first-order chi connectivity index (χ1) is 15.0. The van der Waals surface area contributed by atoms with Gasteiger partial charge in [0.05, 0.1) is 17.1 Å². The van der Waals surface area contributed by atoms with Crippen LogP contribution in [-0.2, 0) is 4.79 Å². The van der Waals surface area contributed by atoms with Crippen molar-refractivity contribution in [2.24, 2.45) is 5.92 Å². The molecule has 8 nitrogen and oxygen atoms in total. The Hall–Kier alpha value is -2.76. The first kappa shape index (κ1) is 21.5. The van der Waals surface area contributed by atoms with Gasteiger partial charge in [-0.25, -0.2) is 9.97 Å². The van der Waals surface area contributed by atoms with Crippen LogP contribution in [0.3, 0.4) is 0 Å². The van der Waals surface area contributed by atoms with Crippen molar-refractivity contribution < 1.29 is 4.79 Å². The molecule has 8 heteroatoms. The van der Waals surface area contributed by atoms with Gasteiger partial charge in [0.1, 0.15) is 12.4 Å². The van der Waals surface area contributed by atoms with Crippen LogP contribution in [0.4, 0.5) is 5.69 Å². The highest BCUT2D eigenvalue weighted by atomic mass is 16.2. The van der Waals surface area contributed by atoms with E-state index in [9.17, 15) is 10.1 Å². The van der Waals surface area contributed by atoms with Gasteiger partial charge in [-0.1, -0.05) is 6.92 Å². The summed E-state index contributed by atoms with van der Waals surface area (Å²) in [5, 5.41) is 13.6. The number of nitrogens with one attached hydrogen (secondary N) is 1. The molecule has 1 N–H and O–H groups in total. The maximum atomic E-state index is 13.0. The Morgan fingerprint density at radius 3 is 2.77 bits per heavy atom. The van der Waals surface area contributed by atoms with Crippen LogP contribution in [0.1, 0.15) is 25.8 Å². The van der Waals surface area contributed by atoms with E-state index in [1.165, 1.54) is 6.33 Å². The summed E-state index contributed by atoms with van der Waals surface area (Å²) in [6.07, 6.45) is 4.22. The van der Waals surface area contributed by atoms with E-state index < -0.39 is 0 Å². The molecule has 0 aliphatic carbocycles. The first-order valence-electron chi connectivity index (χ1n) is 11.1. The molecule has 3 heterocycles. The number of nitrogens with zero attached hydrogens (tertiary/aromatic N) is 6. The highest BCUT2D eigenvalue weighted by molar-refractivity contribution is 5.94. The lowest BCUT2D eigenvalue weighted by atomic mass is 9.94. The maximum Gasteiger partial charge on any atom is 0.237 e. The fourth-order valence-corrected chi connectivity index (χ4v) is 4.78. The molecule has 0 saturated carbocycles. The van der Waals surface area contributed by atoms with Gasteiger partial charge in [-0.2, -0.15) is 5.26 Å². The van der Waals surface area contributed by atoms with E-state index in [4.69, 9.17) is 0 Å². The summed E-state index contributed by atoms with van der Waals surface area (Å²) in [5.41, 5.74) is 2.25. The van der Waals surface area contributed by atoms with Gasteiger partial charge in [-0.05, 0) is 38.4 Å². The van der Waals surface area contributed by atoms with Crippen molar-refractivity contribution in [2.75, 3.05) is 51.2 Å². The Kier molecular flexibility index (Phi) is 6.35. The average molecular weight is 422 g/mol.